The van der Waals surface area contributed by atoms with Crippen LogP contribution in [0.2, 0.25) is 0 Å². The number of aryl methyl sites for hydroxylation is 2. The number of carbonyl (C=O) groups is 2. The fourth-order valence-electron chi connectivity index (χ4n) is 2.74. The van der Waals surface area contributed by atoms with Crippen molar-refractivity contribution in [2.45, 2.75) is 38.9 Å². The Labute approximate surface area is 173 Å². The van der Waals surface area contributed by atoms with E-state index in [9.17, 15) is 9.59 Å². The zero-order valence-corrected chi connectivity index (χ0v) is 17.5. The van der Waals surface area contributed by atoms with Crippen LogP contribution in [0.25, 0.3) is 0 Å². The van der Waals surface area contributed by atoms with Gasteiger partial charge in [0.2, 0.25) is 0 Å². The molecule has 0 bridgehead atoms. The highest BCUT2D eigenvalue weighted by Gasteiger charge is 2.19. The van der Waals surface area contributed by atoms with E-state index >= 15 is 0 Å². The van der Waals surface area contributed by atoms with E-state index in [2.05, 4.69) is 10.2 Å². The van der Waals surface area contributed by atoms with Gasteiger partial charge in [0.1, 0.15) is 18.0 Å². The maximum absolute atomic E-state index is 12.6. The van der Waals surface area contributed by atoms with Crippen LogP contribution in [-0.2, 0) is 22.5 Å². The molecule has 0 spiro atoms. The number of benzene rings is 1. The number of carbonyl (C=O) groups excluding carboxylic acids is 2. The third-order valence-corrected chi connectivity index (χ3v) is 5.42. The molecule has 3 aromatic rings. The van der Waals surface area contributed by atoms with Gasteiger partial charge in [0.05, 0.1) is 25.2 Å². The lowest BCUT2D eigenvalue weighted by Gasteiger charge is -2.09. The second-order valence-corrected chi connectivity index (χ2v) is 7.50. The fourth-order valence-corrected chi connectivity index (χ4v) is 3.59. The Kier molecular flexibility index (Phi) is 6.87. The fraction of sp³-hybridized carbons (Fsp3) is 0.333. The molecule has 0 atom stereocenters. The highest BCUT2D eigenvalue weighted by Crippen LogP contribution is 2.21. The summed E-state index contributed by atoms with van der Waals surface area (Å²) < 4.78 is 12.2. The van der Waals surface area contributed by atoms with Gasteiger partial charge in [-0.15, -0.1) is 10.2 Å². The summed E-state index contributed by atoms with van der Waals surface area (Å²) in [6.45, 7) is 6.43. The quantitative estimate of drug-likeness (QED) is 0.301. The number of ketones is 1. The number of furan rings is 1. The normalized spacial score (nSPS) is 10.9. The smallest absolute Gasteiger partial charge is 0.313 e. The number of hydrogen-bond acceptors (Lipinski definition) is 7. The molecule has 7 nitrogen and oxygen atoms in total. The Hall–Kier alpha value is -2.87. The summed E-state index contributed by atoms with van der Waals surface area (Å²) in [6, 6.07) is 9.32. The molecule has 2 heterocycles. The van der Waals surface area contributed by atoms with Crippen molar-refractivity contribution in [2.24, 2.45) is 0 Å². The molecule has 0 saturated heterocycles. The van der Waals surface area contributed by atoms with Crippen LogP contribution < -0.4 is 0 Å². The van der Waals surface area contributed by atoms with Gasteiger partial charge in [0, 0.05) is 5.56 Å². The summed E-state index contributed by atoms with van der Waals surface area (Å²) in [4.78, 5) is 24.5. The van der Waals surface area contributed by atoms with Crippen LogP contribution in [0.1, 0.15) is 40.0 Å². The first-order valence-corrected chi connectivity index (χ1v) is 10.3. The summed E-state index contributed by atoms with van der Waals surface area (Å²) in [5, 5.41) is 8.87. The molecule has 0 amide bonds. The van der Waals surface area contributed by atoms with Crippen molar-refractivity contribution in [1.82, 2.24) is 14.8 Å². The van der Waals surface area contributed by atoms with E-state index in [-0.39, 0.29) is 23.9 Å². The molecule has 1 aromatic carbocycles. The first kappa shape index (κ1) is 20.9. The Balaban J connectivity index is 1.76. The largest absolute Gasteiger partial charge is 0.467 e. The van der Waals surface area contributed by atoms with Crippen molar-refractivity contribution in [3.63, 3.8) is 0 Å². The number of ether oxygens (including phenoxy) is 1. The lowest BCUT2D eigenvalue weighted by Crippen LogP contribution is -2.14. The highest BCUT2D eigenvalue weighted by atomic mass is 32.2. The van der Waals surface area contributed by atoms with Crippen molar-refractivity contribution in [1.29, 1.82) is 0 Å². The van der Waals surface area contributed by atoms with E-state index in [1.807, 2.05) is 38.1 Å². The number of esters is 1. The third-order valence-electron chi connectivity index (χ3n) is 4.46. The third kappa shape index (κ3) is 5.35. The summed E-state index contributed by atoms with van der Waals surface area (Å²) in [5.41, 5.74) is 2.90. The molecule has 0 aliphatic carbocycles. The molecule has 152 valence electrons. The average molecular weight is 413 g/mol. The second kappa shape index (κ2) is 9.56. The first-order valence-electron chi connectivity index (χ1n) is 9.31. The number of hydrogen-bond donors (Lipinski definition) is 0. The van der Waals surface area contributed by atoms with Gasteiger partial charge in [-0.1, -0.05) is 23.9 Å². The van der Waals surface area contributed by atoms with Crippen molar-refractivity contribution < 1.29 is 18.7 Å². The molecular weight excluding hydrogens is 390 g/mol. The van der Waals surface area contributed by atoms with Crippen LogP contribution in [0.5, 0.6) is 0 Å². The summed E-state index contributed by atoms with van der Waals surface area (Å²) in [6.07, 6.45) is 1.59. The van der Waals surface area contributed by atoms with Crippen LogP contribution in [-0.4, -0.2) is 38.9 Å². The molecule has 0 radical (unpaired) electrons. The number of Topliss-reactive ketones (excluding diaryl/α,β-unsaturated/α-hetero) is 1. The maximum atomic E-state index is 12.6. The average Bonchev–Trinajstić information content (AvgIpc) is 3.33. The van der Waals surface area contributed by atoms with Crippen LogP contribution in [0.3, 0.4) is 0 Å². The first-order chi connectivity index (χ1) is 14.0. The van der Waals surface area contributed by atoms with Crippen molar-refractivity contribution >= 4 is 23.5 Å². The van der Waals surface area contributed by atoms with Crippen LogP contribution in [0.15, 0.2) is 46.2 Å². The molecular formula is C21H23N3O4S. The highest BCUT2D eigenvalue weighted by molar-refractivity contribution is 7.99. The number of rotatable bonds is 9. The van der Waals surface area contributed by atoms with Gasteiger partial charge in [0.25, 0.3) is 0 Å². The molecule has 3 rings (SSSR count). The van der Waals surface area contributed by atoms with E-state index < -0.39 is 0 Å². The summed E-state index contributed by atoms with van der Waals surface area (Å²) in [5.74, 6) is 1.04. The zero-order chi connectivity index (χ0) is 20.8. The van der Waals surface area contributed by atoms with Crippen molar-refractivity contribution in [2.75, 3.05) is 12.4 Å². The van der Waals surface area contributed by atoms with Gasteiger partial charge in [-0.2, -0.15) is 0 Å². The van der Waals surface area contributed by atoms with E-state index in [0.717, 1.165) is 11.1 Å². The van der Waals surface area contributed by atoms with Gasteiger partial charge in [-0.25, -0.2) is 0 Å². The van der Waals surface area contributed by atoms with E-state index in [1.54, 1.807) is 23.8 Å². The molecule has 29 heavy (non-hydrogen) atoms. The van der Waals surface area contributed by atoms with Crippen LogP contribution >= 0.6 is 11.8 Å². The Bertz CT molecular complexity index is 996. The van der Waals surface area contributed by atoms with Crippen LogP contribution in [0.4, 0.5) is 0 Å². The molecule has 2 aromatic heterocycles. The van der Waals surface area contributed by atoms with Crippen LogP contribution in [0, 0.1) is 13.8 Å². The summed E-state index contributed by atoms with van der Waals surface area (Å²) in [7, 11) is 0. The predicted molar refractivity (Wildman–Crippen MR) is 109 cm³/mol. The molecule has 0 aliphatic rings. The van der Waals surface area contributed by atoms with Gasteiger partial charge in [0.15, 0.2) is 10.9 Å². The minimum absolute atomic E-state index is 0.00715. The molecule has 0 aliphatic heterocycles. The van der Waals surface area contributed by atoms with Crippen molar-refractivity contribution in [3.05, 3.63) is 64.9 Å². The lowest BCUT2D eigenvalue weighted by molar-refractivity contribution is -0.142. The van der Waals surface area contributed by atoms with Gasteiger partial charge < -0.3 is 9.15 Å². The summed E-state index contributed by atoms with van der Waals surface area (Å²) >= 11 is 1.29. The van der Waals surface area contributed by atoms with Gasteiger partial charge in [-0.05, 0) is 50.1 Å². The molecule has 0 N–H and O–H groups in total. The second-order valence-electron chi connectivity index (χ2n) is 6.56. The standard InChI is InChI=1S/C21H23N3O4S/c1-4-27-20(26)11-19-22-23-21(24(19)12-17-6-5-9-28-17)29-13-18(25)16-8-7-14(2)15(3)10-16/h5-10H,4,11-13H2,1-3H3. The number of aromatic nitrogens is 3. The Morgan fingerprint density at radius 3 is 2.69 bits per heavy atom. The minimum Gasteiger partial charge on any atom is -0.467 e. The lowest BCUT2D eigenvalue weighted by atomic mass is 10.0. The van der Waals surface area contributed by atoms with Gasteiger partial charge >= 0.3 is 5.97 Å². The number of thioether (sulfide) groups is 1. The maximum Gasteiger partial charge on any atom is 0.313 e. The van der Waals surface area contributed by atoms with E-state index in [4.69, 9.17) is 9.15 Å². The Morgan fingerprint density at radius 2 is 2.00 bits per heavy atom. The van der Waals surface area contributed by atoms with E-state index in [1.165, 1.54) is 11.8 Å². The SMILES string of the molecule is CCOC(=O)Cc1nnc(SCC(=O)c2ccc(C)c(C)c2)n1Cc1ccco1. The number of nitrogens with zero attached hydrogens (tertiary/aromatic N) is 3. The van der Waals surface area contributed by atoms with Gasteiger partial charge in [-0.3, -0.25) is 14.2 Å². The molecule has 0 unspecified atom stereocenters. The van der Waals surface area contributed by atoms with Crippen molar-refractivity contribution in [3.8, 4) is 0 Å². The zero-order valence-electron chi connectivity index (χ0n) is 16.7. The van der Waals surface area contributed by atoms with E-state index in [0.29, 0.717) is 35.5 Å². The minimum atomic E-state index is -0.372. The topological polar surface area (TPSA) is 87.2 Å². The molecule has 0 fully saturated rings. The monoisotopic (exact) mass is 413 g/mol. The Morgan fingerprint density at radius 1 is 1.17 bits per heavy atom. The molecule has 8 heteroatoms. The molecule has 0 saturated carbocycles. The predicted octanol–water partition coefficient (Wildman–Crippen LogP) is 3.62.